The number of aryl methyl sites for hydroxylation is 1. The summed E-state index contributed by atoms with van der Waals surface area (Å²) in [5.41, 5.74) is 2.38. The van der Waals surface area contributed by atoms with Crippen LogP contribution in [0.5, 0.6) is 0 Å². The summed E-state index contributed by atoms with van der Waals surface area (Å²) >= 11 is 0. The van der Waals surface area contributed by atoms with E-state index in [2.05, 4.69) is 15.6 Å². The van der Waals surface area contributed by atoms with Gasteiger partial charge in [-0.05, 0) is 42.3 Å². The van der Waals surface area contributed by atoms with Gasteiger partial charge in [-0.2, -0.15) is 0 Å². The van der Waals surface area contributed by atoms with Crippen molar-refractivity contribution in [2.75, 3.05) is 0 Å². The second-order valence-electron chi connectivity index (χ2n) is 7.91. The summed E-state index contributed by atoms with van der Waals surface area (Å²) in [7, 11) is 0. The number of hydrogen-bond acceptors (Lipinski definition) is 3. The summed E-state index contributed by atoms with van der Waals surface area (Å²) in [4.78, 5) is 29.5. The first-order valence-electron chi connectivity index (χ1n) is 11.0. The molecule has 172 valence electrons. The third kappa shape index (κ3) is 5.56. The van der Waals surface area contributed by atoms with Gasteiger partial charge in [-0.15, -0.1) is 0 Å². The van der Waals surface area contributed by atoms with Crippen molar-refractivity contribution in [3.8, 4) is 5.69 Å². The number of benzene rings is 3. The van der Waals surface area contributed by atoms with Crippen LogP contribution >= 0.6 is 0 Å². The van der Waals surface area contributed by atoms with Crippen molar-refractivity contribution in [2.24, 2.45) is 0 Å². The minimum atomic E-state index is -0.503. The highest BCUT2D eigenvalue weighted by molar-refractivity contribution is 5.94. The predicted molar refractivity (Wildman–Crippen MR) is 128 cm³/mol. The number of nitrogens with zero attached hydrogens (tertiary/aromatic N) is 2. The van der Waals surface area contributed by atoms with Crippen LogP contribution in [0.4, 0.5) is 4.39 Å². The van der Waals surface area contributed by atoms with Crippen molar-refractivity contribution in [2.45, 2.75) is 25.9 Å². The van der Waals surface area contributed by atoms with Gasteiger partial charge >= 0.3 is 0 Å². The lowest BCUT2D eigenvalue weighted by Gasteiger charge is -2.19. The number of rotatable bonds is 8. The first-order valence-corrected chi connectivity index (χ1v) is 11.0. The maximum Gasteiger partial charge on any atom is 0.251 e. The van der Waals surface area contributed by atoms with Crippen molar-refractivity contribution < 1.29 is 14.0 Å². The molecule has 4 aromatic rings. The number of nitrogens with one attached hydrogen (secondary N) is 2. The molecule has 0 saturated carbocycles. The quantitative estimate of drug-likeness (QED) is 0.410. The second-order valence-corrected chi connectivity index (χ2v) is 7.91. The molecule has 0 aliphatic heterocycles. The molecule has 2 amide bonds. The van der Waals surface area contributed by atoms with Crippen LogP contribution in [-0.2, 0) is 11.3 Å². The molecule has 0 aliphatic carbocycles. The summed E-state index contributed by atoms with van der Waals surface area (Å²) in [6, 6.07) is 22.5. The number of hydrogen-bond donors (Lipinski definition) is 2. The number of carbonyl (C=O) groups is 2. The molecule has 2 N–H and O–H groups in total. The molecule has 1 unspecified atom stereocenters. The maximum absolute atomic E-state index is 14.6. The van der Waals surface area contributed by atoms with Gasteiger partial charge in [-0.1, -0.05) is 54.6 Å². The first-order chi connectivity index (χ1) is 16.5. The molecule has 1 aromatic heterocycles. The summed E-state index contributed by atoms with van der Waals surface area (Å²) in [5, 5.41) is 5.78. The fourth-order valence-corrected chi connectivity index (χ4v) is 3.72. The van der Waals surface area contributed by atoms with Gasteiger partial charge in [0.1, 0.15) is 11.6 Å². The van der Waals surface area contributed by atoms with Crippen molar-refractivity contribution in [3.63, 3.8) is 0 Å². The fraction of sp³-hybridized carbons (Fsp3) is 0.148. The maximum atomic E-state index is 14.6. The monoisotopic (exact) mass is 456 g/mol. The fourth-order valence-electron chi connectivity index (χ4n) is 3.72. The van der Waals surface area contributed by atoms with E-state index in [1.165, 1.54) is 6.07 Å². The molecule has 0 saturated heterocycles. The average Bonchev–Trinajstić information content (AvgIpc) is 3.29. The third-order valence-corrected chi connectivity index (χ3v) is 5.52. The van der Waals surface area contributed by atoms with E-state index in [4.69, 9.17) is 0 Å². The molecular weight excluding hydrogens is 431 g/mol. The van der Waals surface area contributed by atoms with Crippen LogP contribution < -0.4 is 10.6 Å². The summed E-state index contributed by atoms with van der Waals surface area (Å²) in [6.45, 7) is 1.97. The summed E-state index contributed by atoms with van der Waals surface area (Å²) < 4.78 is 16.3. The molecule has 34 heavy (non-hydrogen) atoms. The Kier molecular flexibility index (Phi) is 7.13. The Morgan fingerprint density at radius 3 is 2.35 bits per heavy atom. The largest absolute Gasteiger partial charge is 0.352 e. The van der Waals surface area contributed by atoms with E-state index < -0.39 is 11.9 Å². The zero-order valence-corrected chi connectivity index (χ0v) is 18.7. The lowest BCUT2D eigenvalue weighted by Crippen LogP contribution is -2.33. The number of aromatic nitrogens is 2. The Hall–Kier alpha value is -4.26. The van der Waals surface area contributed by atoms with E-state index in [0.29, 0.717) is 22.6 Å². The highest BCUT2D eigenvalue weighted by Gasteiger charge is 2.19. The Bertz CT molecular complexity index is 1270. The lowest BCUT2D eigenvalue weighted by atomic mass is 10.0. The van der Waals surface area contributed by atoms with Gasteiger partial charge in [0, 0.05) is 24.5 Å². The van der Waals surface area contributed by atoms with Gasteiger partial charge in [0.05, 0.1) is 18.2 Å². The SMILES string of the molecule is Cc1nccn1-c1ccc(CNC(=O)CC(NC(=O)c2ccccc2)c2ccccc2)cc1F. The van der Waals surface area contributed by atoms with Crippen LogP contribution in [0.2, 0.25) is 0 Å². The van der Waals surface area contributed by atoms with Gasteiger partial charge in [0.15, 0.2) is 0 Å². The van der Waals surface area contributed by atoms with Crippen molar-refractivity contribution >= 4 is 11.8 Å². The zero-order valence-electron chi connectivity index (χ0n) is 18.7. The smallest absolute Gasteiger partial charge is 0.251 e. The molecule has 1 atom stereocenters. The van der Waals surface area contributed by atoms with E-state index >= 15 is 0 Å². The van der Waals surface area contributed by atoms with Crippen molar-refractivity contribution in [1.82, 2.24) is 20.2 Å². The number of imidazole rings is 1. The third-order valence-electron chi connectivity index (χ3n) is 5.52. The van der Waals surface area contributed by atoms with Crippen LogP contribution in [0.15, 0.2) is 91.3 Å². The van der Waals surface area contributed by atoms with Crippen molar-refractivity contribution in [1.29, 1.82) is 0 Å². The average molecular weight is 457 g/mol. The molecule has 3 aromatic carbocycles. The Morgan fingerprint density at radius 2 is 1.71 bits per heavy atom. The topological polar surface area (TPSA) is 76.0 Å². The van der Waals surface area contributed by atoms with Crippen LogP contribution in [0.1, 0.15) is 39.8 Å². The number of carbonyl (C=O) groups excluding carboxylic acids is 2. The van der Waals surface area contributed by atoms with Crippen LogP contribution in [0.3, 0.4) is 0 Å². The molecule has 0 spiro atoms. The minimum Gasteiger partial charge on any atom is -0.352 e. The minimum absolute atomic E-state index is 0.0530. The molecule has 0 radical (unpaired) electrons. The van der Waals surface area contributed by atoms with Crippen molar-refractivity contribution in [3.05, 3.63) is 120 Å². The molecule has 0 aliphatic rings. The Balaban J connectivity index is 1.41. The van der Waals surface area contributed by atoms with E-state index in [-0.39, 0.29) is 24.8 Å². The van der Waals surface area contributed by atoms with E-state index in [9.17, 15) is 14.0 Å². The lowest BCUT2D eigenvalue weighted by molar-refractivity contribution is -0.121. The van der Waals surface area contributed by atoms with Crippen LogP contribution in [0, 0.1) is 12.7 Å². The molecule has 1 heterocycles. The highest BCUT2D eigenvalue weighted by atomic mass is 19.1. The molecule has 4 rings (SSSR count). The summed E-state index contributed by atoms with van der Waals surface area (Å²) in [5.74, 6) is -0.221. The molecular formula is C27H25FN4O2. The van der Waals surface area contributed by atoms with E-state index in [1.807, 2.05) is 36.4 Å². The highest BCUT2D eigenvalue weighted by Crippen LogP contribution is 2.19. The second kappa shape index (κ2) is 10.6. The number of halogens is 1. The van der Waals surface area contributed by atoms with E-state index in [0.717, 1.165) is 5.56 Å². The Morgan fingerprint density at radius 1 is 1.00 bits per heavy atom. The summed E-state index contributed by atoms with van der Waals surface area (Å²) in [6.07, 6.45) is 3.36. The van der Waals surface area contributed by atoms with Crippen LogP contribution in [0.25, 0.3) is 5.69 Å². The van der Waals surface area contributed by atoms with Crippen LogP contribution in [-0.4, -0.2) is 21.4 Å². The molecule has 7 heteroatoms. The molecule has 6 nitrogen and oxygen atoms in total. The zero-order chi connectivity index (χ0) is 23.9. The van der Waals surface area contributed by atoms with Gasteiger partial charge in [0.25, 0.3) is 5.91 Å². The number of amides is 2. The van der Waals surface area contributed by atoms with Gasteiger partial charge in [-0.3, -0.25) is 9.59 Å². The van der Waals surface area contributed by atoms with Gasteiger partial charge in [-0.25, -0.2) is 9.37 Å². The normalized spacial score (nSPS) is 11.6. The standard InChI is InChI=1S/C27H25FN4O2/c1-19-29-14-15-32(19)25-13-12-20(16-23(25)28)18-30-26(33)17-24(21-8-4-2-5-9-21)31-27(34)22-10-6-3-7-11-22/h2-16,24H,17-18H2,1H3,(H,30,33)(H,31,34). The molecule has 0 bridgehead atoms. The molecule has 0 fully saturated rings. The Labute approximate surface area is 197 Å². The van der Waals surface area contributed by atoms with Gasteiger partial charge in [0.2, 0.25) is 5.91 Å². The predicted octanol–water partition coefficient (Wildman–Crippen LogP) is 4.50. The van der Waals surface area contributed by atoms with E-state index in [1.54, 1.807) is 60.3 Å². The first kappa shape index (κ1) is 22.9. The van der Waals surface area contributed by atoms with Gasteiger partial charge < -0.3 is 15.2 Å².